The van der Waals surface area contributed by atoms with Crippen molar-refractivity contribution in [2.45, 2.75) is 13.5 Å². The summed E-state index contributed by atoms with van der Waals surface area (Å²) in [6.45, 7) is 1.86. The topological polar surface area (TPSA) is 69.4 Å². The van der Waals surface area contributed by atoms with Gasteiger partial charge in [0.25, 0.3) is 5.69 Å². The standard InChI is InChI=1S/C15H13NO4/c1-11-13(6-4-7-14(11)16(18)19)10-20-15-8-3-2-5-12(15)9-17/h2-9H,10H2,1H3. The summed E-state index contributed by atoms with van der Waals surface area (Å²) in [6.07, 6.45) is 0.718. The molecular weight excluding hydrogens is 258 g/mol. The zero-order chi connectivity index (χ0) is 14.5. The minimum Gasteiger partial charge on any atom is -0.488 e. The molecular formula is C15H13NO4. The molecule has 0 unspecified atom stereocenters. The summed E-state index contributed by atoms with van der Waals surface area (Å²) in [5.41, 5.74) is 1.81. The number of nitro groups is 1. The van der Waals surface area contributed by atoms with Crippen molar-refractivity contribution >= 4 is 12.0 Å². The third-order valence-corrected chi connectivity index (χ3v) is 3.04. The number of nitrogens with zero attached hydrogens (tertiary/aromatic N) is 1. The highest BCUT2D eigenvalue weighted by Crippen LogP contribution is 2.23. The number of hydrogen-bond acceptors (Lipinski definition) is 4. The Bertz CT molecular complexity index is 652. The van der Waals surface area contributed by atoms with Gasteiger partial charge in [-0.1, -0.05) is 24.3 Å². The van der Waals surface area contributed by atoms with Crippen molar-refractivity contribution in [3.05, 3.63) is 69.3 Å². The van der Waals surface area contributed by atoms with E-state index in [-0.39, 0.29) is 12.3 Å². The molecule has 0 N–H and O–H groups in total. The van der Waals surface area contributed by atoms with Crippen molar-refractivity contribution in [1.29, 1.82) is 0 Å². The number of para-hydroxylation sites is 1. The molecule has 0 aliphatic heterocycles. The quantitative estimate of drug-likeness (QED) is 0.475. The average molecular weight is 271 g/mol. The predicted octanol–water partition coefficient (Wildman–Crippen LogP) is 3.29. The molecule has 2 aromatic rings. The maximum absolute atomic E-state index is 10.9. The molecule has 0 aliphatic carbocycles. The Labute approximate surface area is 116 Å². The lowest BCUT2D eigenvalue weighted by Crippen LogP contribution is -2.02. The summed E-state index contributed by atoms with van der Waals surface area (Å²) in [7, 11) is 0. The van der Waals surface area contributed by atoms with E-state index in [9.17, 15) is 14.9 Å². The van der Waals surface area contributed by atoms with Crippen molar-refractivity contribution in [2.75, 3.05) is 0 Å². The van der Waals surface area contributed by atoms with E-state index < -0.39 is 4.92 Å². The molecule has 0 saturated carbocycles. The minimum absolute atomic E-state index is 0.0646. The first kappa shape index (κ1) is 13.7. The van der Waals surface area contributed by atoms with Gasteiger partial charge in [-0.05, 0) is 24.6 Å². The summed E-state index contributed by atoms with van der Waals surface area (Å²) in [4.78, 5) is 21.3. The summed E-state index contributed by atoms with van der Waals surface area (Å²) < 4.78 is 5.58. The monoisotopic (exact) mass is 271 g/mol. The number of nitro benzene ring substituents is 1. The number of ether oxygens (including phenoxy) is 1. The van der Waals surface area contributed by atoms with Crippen molar-refractivity contribution in [3.8, 4) is 5.75 Å². The molecule has 0 amide bonds. The van der Waals surface area contributed by atoms with Crippen LogP contribution in [-0.4, -0.2) is 11.2 Å². The minimum atomic E-state index is -0.418. The molecule has 0 spiro atoms. The molecule has 20 heavy (non-hydrogen) atoms. The van der Waals surface area contributed by atoms with Crippen LogP contribution in [-0.2, 0) is 6.61 Å². The van der Waals surface area contributed by atoms with Gasteiger partial charge in [0.1, 0.15) is 12.4 Å². The molecule has 0 saturated heterocycles. The molecule has 0 bridgehead atoms. The second kappa shape index (κ2) is 5.97. The van der Waals surface area contributed by atoms with Crippen LogP contribution in [0, 0.1) is 17.0 Å². The Hall–Kier alpha value is -2.69. The van der Waals surface area contributed by atoms with Gasteiger partial charge in [0, 0.05) is 11.6 Å². The number of aldehydes is 1. The van der Waals surface area contributed by atoms with E-state index in [4.69, 9.17) is 4.74 Å². The van der Waals surface area contributed by atoms with E-state index in [1.165, 1.54) is 6.07 Å². The molecule has 2 aromatic carbocycles. The summed E-state index contributed by atoms with van der Waals surface area (Å²) in [5.74, 6) is 0.466. The SMILES string of the molecule is Cc1c(COc2ccccc2C=O)cccc1[N+](=O)[O-]. The molecule has 2 rings (SSSR count). The van der Waals surface area contributed by atoms with Crippen LogP contribution in [0.3, 0.4) is 0 Å². The Morgan fingerprint density at radius 1 is 1.20 bits per heavy atom. The second-order valence-corrected chi connectivity index (χ2v) is 4.26. The molecule has 0 aliphatic rings. The van der Waals surface area contributed by atoms with E-state index in [0.29, 0.717) is 16.9 Å². The highest BCUT2D eigenvalue weighted by Gasteiger charge is 2.13. The van der Waals surface area contributed by atoms with Crippen molar-refractivity contribution in [3.63, 3.8) is 0 Å². The average Bonchev–Trinajstić information content (AvgIpc) is 2.46. The number of hydrogen-bond donors (Lipinski definition) is 0. The summed E-state index contributed by atoms with van der Waals surface area (Å²) >= 11 is 0. The number of benzene rings is 2. The van der Waals surface area contributed by atoms with Gasteiger partial charge in [0.05, 0.1) is 10.5 Å². The third kappa shape index (κ3) is 2.83. The molecule has 0 radical (unpaired) electrons. The number of rotatable bonds is 5. The van der Waals surface area contributed by atoms with Crippen LogP contribution in [0.15, 0.2) is 42.5 Å². The number of carbonyl (C=O) groups is 1. The van der Waals surface area contributed by atoms with Gasteiger partial charge in [-0.2, -0.15) is 0 Å². The van der Waals surface area contributed by atoms with Gasteiger partial charge in [-0.3, -0.25) is 14.9 Å². The first-order valence-electron chi connectivity index (χ1n) is 6.03. The lowest BCUT2D eigenvalue weighted by atomic mass is 10.1. The first-order valence-corrected chi connectivity index (χ1v) is 6.03. The van der Waals surface area contributed by atoms with E-state index in [1.807, 2.05) is 0 Å². The normalized spacial score (nSPS) is 10.1. The lowest BCUT2D eigenvalue weighted by Gasteiger charge is -2.10. The van der Waals surface area contributed by atoms with Gasteiger partial charge in [0.2, 0.25) is 0 Å². The van der Waals surface area contributed by atoms with Gasteiger partial charge >= 0.3 is 0 Å². The Balaban J connectivity index is 2.21. The van der Waals surface area contributed by atoms with Gasteiger partial charge in [0.15, 0.2) is 6.29 Å². The smallest absolute Gasteiger partial charge is 0.272 e. The zero-order valence-corrected chi connectivity index (χ0v) is 10.9. The van der Waals surface area contributed by atoms with Crippen LogP contribution in [0.5, 0.6) is 5.75 Å². The maximum atomic E-state index is 10.9. The molecule has 5 heteroatoms. The fraction of sp³-hybridized carbons (Fsp3) is 0.133. The highest BCUT2D eigenvalue weighted by atomic mass is 16.6. The van der Waals surface area contributed by atoms with E-state index in [1.54, 1.807) is 43.3 Å². The molecule has 0 aromatic heterocycles. The molecule has 5 nitrogen and oxygen atoms in total. The van der Waals surface area contributed by atoms with Crippen LogP contribution in [0.2, 0.25) is 0 Å². The summed E-state index contributed by atoms with van der Waals surface area (Å²) in [6, 6.07) is 11.7. The van der Waals surface area contributed by atoms with Gasteiger partial charge < -0.3 is 4.74 Å². The Morgan fingerprint density at radius 2 is 1.95 bits per heavy atom. The number of carbonyl (C=O) groups excluding carboxylic acids is 1. The largest absolute Gasteiger partial charge is 0.488 e. The van der Waals surface area contributed by atoms with Crippen molar-refractivity contribution in [2.24, 2.45) is 0 Å². The lowest BCUT2D eigenvalue weighted by molar-refractivity contribution is -0.385. The molecule has 0 heterocycles. The molecule has 0 fully saturated rings. The Kier molecular flexibility index (Phi) is 4.10. The second-order valence-electron chi connectivity index (χ2n) is 4.26. The summed E-state index contributed by atoms with van der Waals surface area (Å²) in [5, 5.41) is 10.9. The third-order valence-electron chi connectivity index (χ3n) is 3.04. The fourth-order valence-electron chi connectivity index (χ4n) is 1.89. The maximum Gasteiger partial charge on any atom is 0.272 e. The first-order chi connectivity index (χ1) is 9.63. The van der Waals surface area contributed by atoms with Crippen molar-refractivity contribution in [1.82, 2.24) is 0 Å². The van der Waals surface area contributed by atoms with E-state index >= 15 is 0 Å². The van der Waals surface area contributed by atoms with E-state index in [0.717, 1.165) is 11.8 Å². The van der Waals surface area contributed by atoms with Crippen LogP contribution in [0.1, 0.15) is 21.5 Å². The highest BCUT2D eigenvalue weighted by molar-refractivity contribution is 5.79. The fourth-order valence-corrected chi connectivity index (χ4v) is 1.89. The van der Waals surface area contributed by atoms with E-state index in [2.05, 4.69) is 0 Å². The van der Waals surface area contributed by atoms with Crippen molar-refractivity contribution < 1.29 is 14.5 Å². The van der Waals surface area contributed by atoms with Crippen LogP contribution >= 0.6 is 0 Å². The van der Waals surface area contributed by atoms with Gasteiger partial charge in [-0.15, -0.1) is 0 Å². The predicted molar refractivity (Wildman–Crippen MR) is 74.0 cm³/mol. The van der Waals surface area contributed by atoms with Crippen LogP contribution in [0.4, 0.5) is 5.69 Å². The van der Waals surface area contributed by atoms with Gasteiger partial charge in [-0.25, -0.2) is 0 Å². The molecule has 0 atom stereocenters. The van der Waals surface area contributed by atoms with Crippen LogP contribution in [0.25, 0.3) is 0 Å². The Morgan fingerprint density at radius 3 is 2.65 bits per heavy atom. The van der Waals surface area contributed by atoms with Crippen LogP contribution < -0.4 is 4.74 Å². The molecule has 102 valence electrons. The zero-order valence-electron chi connectivity index (χ0n) is 10.9.